The van der Waals surface area contributed by atoms with Gasteiger partial charge < -0.3 is 10.0 Å². The molecule has 1 aromatic rings. The fourth-order valence-electron chi connectivity index (χ4n) is 3.20. The summed E-state index contributed by atoms with van der Waals surface area (Å²) in [6.07, 6.45) is -5.20. The normalized spacial score (nSPS) is 26.9. The molecule has 1 N–H and O–H groups in total. The molecule has 1 saturated carbocycles. The van der Waals surface area contributed by atoms with Crippen LogP contribution in [0.5, 0.6) is 0 Å². The predicted octanol–water partition coefficient (Wildman–Crippen LogP) is 2.85. The maximum atomic E-state index is 13.7. The first-order valence-corrected chi connectivity index (χ1v) is 7.55. The van der Waals surface area contributed by atoms with E-state index in [4.69, 9.17) is 0 Å². The Kier molecular flexibility index (Phi) is 3.86. The van der Waals surface area contributed by atoms with Crippen molar-refractivity contribution in [1.29, 1.82) is 0 Å². The number of nitrogens with zero attached hydrogens (tertiary/aromatic N) is 1. The minimum atomic E-state index is -4.68. The van der Waals surface area contributed by atoms with Crippen LogP contribution in [0.25, 0.3) is 0 Å². The number of halogens is 4. The zero-order chi connectivity index (χ0) is 16.8. The van der Waals surface area contributed by atoms with Crippen molar-refractivity contribution >= 4 is 5.91 Å². The molecule has 3 rings (SSSR count). The average Bonchev–Trinajstić information content (AvgIpc) is 3.27. The summed E-state index contributed by atoms with van der Waals surface area (Å²) in [5.74, 6) is -1.18. The van der Waals surface area contributed by atoms with Gasteiger partial charge >= 0.3 is 6.18 Å². The van der Waals surface area contributed by atoms with Gasteiger partial charge in [0.1, 0.15) is 5.82 Å². The van der Waals surface area contributed by atoms with Crippen LogP contribution in [0.1, 0.15) is 30.7 Å². The third-order valence-corrected chi connectivity index (χ3v) is 4.84. The third kappa shape index (κ3) is 2.94. The van der Waals surface area contributed by atoms with Gasteiger partial charge in [0.25, 0.3) is 0 Å². The molecule has 2 aliphatic rings. The molecule has 23 heavy (non-hydrogen) atoms. The SMILES string of the molecule is O=C(C1CC1c1ccccc1F)N1CCC(O)(C(F)(F)F)CC1. The maximum absolute atomic E-state index is 13.7. The highest BCUT2D eigenvalue weighted by Crippen LogP contribution is 2.50. The molecule has 1 amide bonds. The number of hydrogen-bond acceptors (Lipinski definition) is 2. The molecule has 1 aliphatic heterocycles. The fourth-order valence-corrected chi connectivity index (χ4v) is 3.20. The van der Waals surface area contributed by atoms with E-state index >= 15 is 0 Å². The van der Waals surface area contributed by atoms with Crippen LogP contribution in [-0.4, -0.2) is 40.8 Å². The van der Waals surface area contributed by atoms with Gasteiger partial charge in [-0.25, -0.2) is 4.39 Å². The quantitative estimate of drug-likeness (QED) is 0.847. The van der Waals surface area contributed by atoms with Crippen molar-refractivity contribution in [3.8, 4) is 0 Å². The largest absolute Gasteiger partial charge is 0.417 e. The standard InChI is InChI=1S/C16H17F4NO2/c17-13-4-2-1-3-10(13)11-9-12(11)14(22)21-7-5-15(23,6-8-21)16(18,19)20/h1-4,11-12,23H,5-9H2. The van der Waals surface area contributed by atoms with E-state index in [0.717, 1.165) is 0 Å². The molecular formula is C16H17F4NO2. The molecule has 2 unspecified atom stereocenters. The van der Waals surface area contributed by atoms with Gasteiger partial charge in [0, 0.05) is 31.8 Å². The number of carbonyl (C=O) groups excluding carboxylic acids is 1. The number of likely N-dealkylation sites (tertiary alicyclic amines) is 1. The van der Waals surface area contributed by atoms with Crippen LogP contribution in [-0.2, 0) is 4.79 Å². The summed E-state index contributed by atoms with van der Waals surface area (Å²) < 4.78 is 52.0. The molecule has 0 aromatic heterocycles. The van der Waals surface area contributed by atoms with E-state index in [1.807, 2.05) is 0 Å². The highest BCUT2D eigenvalue weighted by Gasteiger charge is 2.56. The van der Waals surface area contributed by atoms with Crippen LogP contribution >= 0.6 is 0 Å². The van der Waals surface area contributed by atoms with E-state index in [9.17, 15) is 27.5 Å². The average molecular weight is 331 g/mol. The van der Waals surface area contributed by atoms with Crippen LogP contribution in [0, 0.1) is 11.7 Å². The highest BCUT2D eigenvalue weighted by atomic mass is 19.4. The zero-order valence-corrected chi connectivity index (χ0v) is 12.3. The summed E-state index contributed by atoms with van der Waals surface area (Å²) >= 11 is 0. The molecule has 1 aliphatic carbocycles. The smallest absolute Gasteiger partial charge is 0.380 e. The topological polar surface area (TPSA) is 40.5 Å². The van der Waals surface area contributed by atoms with Crippen molar-refractivity contribution in [3.05, 3.63) is 35.6 Å². The van der Waals surface area contributed by atoms with E-state index in [2.05, 4.69) is 0 Å². The number of carbonyl (C=O) groups is 1. The Morgan fingerprint density at radius 3 is 2.39 bits per heavy atom. The molecule has 126 valence electrons. The summed E-state index contributed by atoms with van der Waals surface area (Å²) in [6.45, 7) is -0.259. The second kappa shape index (κ2) is 5.47. The third-order valence-electron chi connectivity index (χ3n) is 4.84. The Balaban J connectivity index is 1.61. The van der Waals surface area contributed by atoms with Crippen molar-refractivity contribution in [1.82, 2.24) is 4.90 Å². The van der Waals surface area contributed by atoms with Gasteiger partial charge in [-0.05, 0) is 24.0 Å². The van der Waals surface area contributed by atoms with Gasteiger partial charge in [0.05, 0.1) is 0 Å². The zero-order valence-electron chi connectivity index (χ0n) is 12.3. The monoisotopic (exact) mass is 331 g/mol. The van der Waals surface area contributed by atoms with Gasteiger partial charge in [-0.15, -0.1) is 0 Å². The van der Waals surface area contributed by atoms with Crippen LogP contribution in [0.3, 0.4) is 0 Å². The minimum absolute atomic E-state index is 0.130. The van der Waals surface area contributed by atoms with Gasteiger partial charge in [-0.1, -0.05) is 18.2 Å². The molecular weight excluding hydrogens is 314 g/mol. The molecule has 2 atom stereocenters. The summed E-state index contributed by atoms with van der Waals surface area (Å²) in [6, 6.07) is 6.23. The summed E-state index contributed by atoms with van der Waals surface area (Å²) in [5.41, 5.74) is -2.23. The number of amides is 1. The molecule has 1 aromatic carbocycles. The number of piperidine rings is 1. The number of benzene rings is 1. The molecule has 0 radical (unpaired) electrons. The Labute approximate surface area is 130 Å². The van der Waals surface area contributed by atoms with E-state index < -0.39 is 24.6 Å². The molecule has 7 heteroatoms. The second-order valence-electron chi connectivity index (χ2n) is 6.32. The van der Waals surface area contributed by atoms with Crippen LogP contribution in [0.15, 0.2) is 24.3 Å². The van der Waals surface area contributed by atoms with Crippen LogP contribution < -0.4 is 0 Å². The van der Waals surface area contributed by atoms with Gasteiger partial charge in [-0.2, -0.15) is 13.2 Å². The number of rotatable bonds is 2. The fraction of sp³-hybridized carbons (Fsp3) is 0.562. The van der Waals surface area contributed by atoms with Crippen LogP contribution in [0.2, 0.25) is 0 Å². The summed E-state index contributed by atoms with van der Waals surface area (Å²) in [5, 5.41) is 9.62. The minimum Gasteiger partial charge on any atom is -0.380 e. The van der Waals surface area contributed by atoms with Crippen molar-refractivity contribution in [2.24, 2.45) is 5.92 Å². The Hall–Kier alpha value is -1.63. The lowest BCUT2D eigenvalue weighted by Gasteiger charge is -2.39. The second-order valence-corrected chi connectivity index (χ2v) is 6.32. The Morgan fingerprint density at radius 1 is 1.22 bits per heavy atom. The van der Waals surface area contributed by atoms with E-state index in [1.54, 1.807) is 18.2 Å². The first-order valence-electron chi connectivity index (χ1n) is 7.55. The molecule has 0 bridgehead atoms. The van der Waals surface area contributed by atoms with E-state index in [1.165, 1.54) is 11.0 Å². The molecule has 1 saturated heterocycles. The molecule has 3 nitrogen and oxygen atoms in total. The summed E-state index contributed by atoms with van der Waals surface area (Å²) in [7, 11) is 0. The molecule has 2 fully saturated rings. The van der Waals surface area contributed by atoms with E-state index in [-0.39, 0.29) is 36.6 Å². The first-order chi connectivity index (χ1) is 10.7. The van der Waals surface area contributed by atoms with Gasteiger partial charge in [-0.3, -0.25) is 4.79 Å². The number of aliphatic hydroxyl groups is 1. The van der Waals surface area contributed by atoms with Crippen molar-refractivity contribution in [2.75, 3.05) is 13.1 Å². The van der Waals surface area contributed by atoms with Gasteiger partial charge in [0.2, 0.25) is 5.91 Å². The van der Waals surface area contributed by atoms with Gasteiger partial charge in [0.15, 0.2) is 5.60 Å². The molecule has 1 heterocycles. The number of alkyl halides is 3. The Morgan fingerprint density at radius 2 is 1.83 bits per heavy atom. The lowest BCUT2D eigenvalue weighted by molar-refractivity contribution is -0.272. The first kappa shape index (κ1) is 16.2. The van der Waals surface area contributed by atoms with Crippen molar-refractivity contribution in [2.45, 2.75) is 37.0 Å². The lowest BCUT2D eigenvalue weighted by atomic mass is 9.90. The predicted molar refractivity (Wildman–Crippen MR) is 74.1 cm³/mol. The maximum Gasteiger partial charge on any atom is 0.417 e. The lowest BCUT2D eigenvalue weighted by Crippen LogP contribution is -2.54. The highest BCUT2D eigenvalue weighted by molar-refractivity contribution is 5.83. The molecule has 0 spiro atoms. The summed E-state index contributed by atoms with van der Waals surface area (Å²) in [4.78, 5) is 13.7. The van der Waals surface area contributed by atoms with Crippen molar-refractivity contribution in [3.63, 3.8) is 0 Å². The number of hydrogen-bond donors (Lipinski definition) is 1. The van der Waals surface area contributed by atoms with Crippen LogP contribution in [0.4, 0.5) is 17.6 Å². The van der Waals surface area contributed by atoms with E-state index in [0.29, 0.717) is 12.0 Å². The van der Waals surface area contributed by atoms with Crippen molar-refractivity contribution < 1.29 is 27.5 Å². The Bertz CT molecular complexity index is 608.